The van der Waals surface area contributed by atoms with Crippen molar-refractivity contribution >= 4 is 11.9 Å². The number of hydrogen-bond acceptors (Lipinski definition) is 3. The number of aliphatic carboxylic acids is 2. The lowest BCUT2D eigenvalue weighted by atomic mass is 10.0. The molecule has 5 heteroatoms. The summed E-state index contributed by atoms with van der Waals surface area (Å²) in [6.45, 7) is 6.36. The molecule has 2 N–H and O–H groups in total. The summed E-state index contributed by atoms with van der Waals surface area (Å²) in [4.78, 5) is 20.5. The maximum Gasteiger partial charge on any atom is 0.317 e. The predicted molar refractivity (Wildman–Crippen MR) is 85.0 cm³/mol. The van der Waals surface area contributed by atoms with Crippen LogP contribution in [0, 0.1) is 5.92 Å². The molecule has 0 atom stereocenters. The van der Waals surface area contributed by atoms with Crippen molar-refractivity contribution in [3.05, 3.63) is 43.0 Å². The number of rotatable bonds is 9. The van der Waals surface area contributed by atoms with Gasteiger partial charge in [-0.05, 0) is 31.4 Å². The van der Waals surface area contributed by atoms with Crippen LogP contribution in [0.3, 0.4) is 0 Å². The number of carbonyl (C=O) groups is 2. The van der Waals surface area contributed by atoms with Crippen LogP contribution in [0.15, 0.2) is 43.0 Å². The Kier molecular flexibility index (Phi) is 11.1. The minimum atomic E-state index is -1.30. The lowest BCUT2D eigenvalue weighted by molar-refractivity contribution is -0.154. The Morgan fingerprint density at radius 3 is 2.27 bits per heavy atom. The monoisotopic (exact) mass is 308 g/mol. The molecule has 0 saturated carbocycles. The normalized spacial score (nSPS) is 9.55. The Bertz CT molecular complexity index is 428. The van der Waals surface area contributed by atoms with Crippen molar-refractivity contribution in [3.63, 3.8) is 0 Å². The SMILES string of the molecule is C=CCCC(C(=O)O)C(=O)O.CCCCOc1ccccc1. The molecule has 0 aliphatic heterocycles. The molecule has 5 nitrogen and oxygen atoms in total. The Morgan fingerprint density at radius 2 is 1.82 bits per heavy atom. The van der Waals surface area contributed by atoms with Gasteiger partial charge in [-0.1, -0.05) is 37.6 Å². The highest BCUT2D eigenvalue weighted by Crippen LogP contribution is 2.08. The molecule has 0 fully saturated rings. The van der Waals surface area contributed by atoms with E-state index in [4.69, 9.17) is 14.9 Å². The summed E-state index contributed by atoms with van der Waals surface area (Å²) in [5.74, 6) is -2.91. The van der Waals surface area contributed by atoms with Crippen LogP contribution in [0.2, 0.25) is 0 Å². The molecule has 1 aromatic carbocycles. The fourth-order valence-electron chi connectivity index (χ4n) is 1.49. The summed E-state index contributed by atoms with van der Waals surface area (Å²) in [5.41, 5.74) is 0. The van der Waals surface area contributed by atoms with Crippen molar-refractivity contribution in [1.29, 1.82) is 0 Å². The molecule has 0 bridgehead atoms. The Hall–Kier alpha value is -2.30. The van der Waals surface area contributed by atoms with E-state index in [0.717, 1.165) is 18.8 Å². The van der Waals surface area contributed by atoms with Gasteiger partial charge in [-0.25, -0.2) is 0 Å². The highest BCUT2D eigenvalue weighted by molar-refractivity contribution is 5.92. The van der Waals surface area contributed by atoms with Gasteiger partial charge in [0.05, 0.1) is 6.61 Å². The molecule has 1 rings (SSSR count). The molecule has 0 unspecified atom stereocenters. The highest BCUT2D eigenvalue weighted by atomic mass is 16.5. The van der Waals surface area contributed by atoms with Crippen molar-refractivity contribution in [2.75, 3.05) is 6.61 Å². The molecule has 0 aliphatic carbocycles. The van der Waals surface area contributed by atoms with Crippen LogP contribution in [0.4, 0.5) is 0 Å². The zero-order chi connectivity index (χ0) is 16.8. The largest absolute Gasteiger partial charge is 0.494 e. The van der Waals surface area contributed by atoms with Crippen molar-refractivity contribution in [1.82, 2.24) is 0 Å². The number of ether oxygens (including phenoxy) is 1. The molecule has 122 valence electrons. The lowest BCUT2D eigenvalue weighted by Gasteiger charge is -2.03. The van der Waals surface area contributed by atoms with Crippen LogP contribution < -0.4 is 4.74 Å². The standard InChI is InChI=1S/C10H14O.C7H10O4/c1-2-3-9-11-10-7-5-4-6-8-10;1-2-3-4-5(6(8)9)7(10)11/h4-8H,2-3,9H2,1H3;2,5H,1,3-4H2,(H,8,9)(H,10,11). The summed E-state index contributed by atoms with van der Waals surface area (Å²) >= 11 is 0. The Morgan fingerprint density at radius 1 is 1.23 bits per heavy atom. The van der Waals surface area contributed by atoms with E-state index in [2.05, 4.69) is 13.5 Å². The van der Waals surface area contributed by atoms with Gasteiger partial charge < -0.3 is 14.9 Å². The molecule has 0 amide bonds. The van der Waals surface area contributed by atoms with Crippen molar-refractivity contribution in [3.8, 4) is 5.75 Å². The quantitative estimate of drug-likeness (QED) is 0.413. The van der Waals surface area contributed by atoms with Gasteiger partial charge in [0.2, 0.25) is 0 Å². The van der Waals surface area contributed by atoms with Gasteiger partial charge >= 0.3 is 11.9 Å². The number of carboxylic acids is 2. The van der Waals surface area contributed by atoms with Gasteiger partial charge in [-0.2, -0.15) is 0 Å². The van der Waals surface area contributed by atoms with E-state index in [1.807, 2.05) is 30.3 Å². The number of benzene rings is 1. The number of allylic oxidation sites excluding steroid dienone is 1. The number of para-hydroxylation sites is 1. The molecule has 1 aromatic rings. The van der Waals surface area contributed by atoms with Crippen LogP contribution in [0.1, 0.15) is 32.6 Å². The zero-order valence-electron chi connectivity index (χ0n) is 12.9. The van der Waals surface area contributed by atoms with E-state index >= 15 is 0 Å². The Labute approximate surface area is 131 Å². The third-order valence-electron chi connectivity index (χ3n) is 2.77. The van der Waals surface area contributed by atoms with Crippen molar-refractivity contribution < 1.29 is 24.5 Å². The lowest BCUT2D eigenvalue weighted by Crippen LogP contribution is -2.22. The smallest absolute Gasteiger partial charge is 0.317 e. The van der Waals surface area contributed by atoms with Gasteiger partial charge in [-0.3, -0.25) is 9.59 Å². The van der Waals surface area contributed by atoms with E-state index in [1.54, 1.807) is 0 Å². The third kappa shape index (κ3) is 9.58. The molecule has 0 saturated heterocycles. The molecular weight excluding hydrogens is 284 g/mol. The van der Waals surface area contributed by atoms with Crippen LogP contribution in [0.5, 0.6) is 5.75 Å². The average Bonchev–Trinajstić information content (AvgIpc) is 2.49. The van der Waals surface area contributed by atoms with Gasteiger partial charge in [0.15, 0.2) is 5.92 Å². The van der Waals surface area contributed by atoms with Crippen LogP contribution >= 0.6 is 0 Å². The van der Waals surface area contributed by atoms with Crippen molar-refractivity contribution in [2.24, 2.45) is 5.92 Å². The van der Waals surface area contributed by atoms with E-state index in [-0.39, 0.29) is 6.42 Å². The fraction of sp³-hybridized carbons (Fsp3) is 0.412. The second-order valence-electron chi connectivity index (χ2n) is 4.61. The van der Waals surface area contributed by atoms with Crippen molar-refractivity contribution in [2.45, 2.75) is 32.6 Å². The summed E-state index contributed by atoms with van der Waals surface area (Å²) in [5, 5.41) is 16.7. The van der Waals surface area contributed by atoms with Crippen LogP contribution in [-0.2, 0) is 9.59 Å². The Balaban J connectivity index is 0.000000401. The maximum atomic E-state index is 10.2. The first kappa shape index (κ1) is 19.7. The second kappa shape index (κ2) is 12.4. The van der Waals surface area contributed by atoms with Crippen LogP contribution in [0.25, 0.3) is 0 Å². The van der Waals surface area contributed by atoms with Gasteiger partial charge in [0.25, 0.3) is 0 Å². The maximum absolute atomic E-state index is 10.2. The number of carboxylic acid groups (broad SMARTS) is 2. The first-order chi connectivity index (χ1) is 10.5. The van der Waals surface area contributed by atoms with Gasteiger partial charge in [0, 0.05) is 0 Å². The molecule has 0 aliphatic rings. The predicted octanol–water partition coefficient (Wildman–Crippen LogP) is 3.60. The molecule has 0 aromatic heterocycles. The summed E-state index contributed by atoms with van der Waals surface area (Å²) in [6.07, 6.45) is 4.33. The summed E-state index contributed by atoms with van der Waals surface area (Å²) < 4.78 is 5.45. The molecule has 0 heterocycles. The third-order valence-corrected chi connectivity index (χ3v) is 2.77. The minimum Gasteiger partial charge on any atom is -0.494 e. The van der Waals surface area contributed by atoms with E-state index in [1.165, 1.54) is 12.5 Å². The van der Waals surface area contributed by atoms with E-state index in [0.29, 0.717) is 6.42 Å². The number of unbranched alkanes of at least 4 members (excludes halogenated alkanes) is 1. The molecular formula is C17H24O5. The van der Waals surface area contributed by atoms with Crippen LogP contribution in [-0.4, -0.2) is 28.8 Å². The van der Waals surface area contributed by atoms with Gasteiger partial charge in [0.1, 0.15) is 5.75 Å². The second-order valence-corrected chi connectivity index (χ2v) is 4.61. The molecule has 0 spiro atoms. The van der Waals surface area contributed by atoms with E-state index in [9.17, 15) is 9.59 Å². The summed E-state index contributed by atoms with van der Waals surface area (Å²) in [6, 6.07) is 9.93. The molecule has 22 heavy (non-hydrogen) atoms. The topological polar surface area (TPSA) is 83.8 Å². The fourth-order valence-corrected chi connectivity index (χ4v) is 1.49. The average molecular weight is 308 g/mol. The van der Waals surface area contributed by atoms with Gasteiger partial charge in [-0.15, -0.1) is 6.58 Å². The molecule has 0 radical (unpaired) electrons. The van der Waals surface area contributed by atoms with E-state index < -0.39 is 17.9 Å². The number of hydrogen-bond donors (Lipinski definition) is 2. The highest BCUT2D eigenvalue weighted by Gasteiger charge is 2.24. The first-order valence-electron chi connectivity index (χ1n) is 7.27. The first-order valence-corrected chi connectivity index (χ1v) is 7.27. The summed E-state index contributed by atoms with van der Waals surface area (Å²) in [7, 11) is 0. The minimum absolute atomic E-state index is 0.105. The zero-order valence-corrected chi connectivity index (χ0v) is 12.9.